The third kappa shape index (κ3) is 6.24. The van der Waals surface area contributed by atoms with E-state index >= 15 is 0 Å². The van der Waals surface area contributed by atoms with Gasteiger partial charge >= 0.3 is 0 Å². The fraction of sp³-hybridized carbons (Fsp3) is 0.280. The second-order valence-electron chi connectivity index (χ2n) is 8.19. The lowest BCUT2D eigenvalue weighted by Crippen LogP contribution is -2.19. The van der Waals surface area contributed by atoms with Gasteiger partial charge in [-0.05, 0) is 55.5 Å². The zero-order valence-electron chi connectivity index (χ0n) is 20.0. The molecule has 0 saturated carbocycles. The molecule has 0 unspecified atom stereocenters. The van der Waals surface area contributed by atoms with Crippen LogP contribution in [0.3, 0.4) is 0 Å². The molecule has 0 fully saturated rings. The van der Waals surface area contributed by atoms with Crippen LogP contribution in [0.4, 0.5) is 11.5 Å². The first-order valence-electron chi connectivity index (χ1n) is 10.3. The number of aryl methyl sites for hydroxylation is 1. The summed E-state index contributed by atoms with van der Waals surface area (Å²) in [6.45, 7) is 2.52. The summed E-state index contributed by atoms with van der Waals surface area (Å²) < 4.78 is 5.50. The van der Waals surface area contributed by atoms with Gasteiger partial charge in [0.1, 0.15) is 17.1 Å². The van der Waals surface area contributed by atoms with Crippen molar-refractivity contribution in [3.05, 3.63) is 54.0 Å². The summed E-state index contributed by atoms with van der Waals surface area (Å²) in [5.74, 6) is 4.84. The van der Waals surface area contributed by atoms with E-state index in [9.17, 15) is 0 Å². The fourth-order valence-corrected chi connectivity index (χ4v) is 3.64. The predicted octanol–water partition coefficient (Wildman–Crippen LogP) is 4.14. The molecular formula is C25H30N6OS. The van der Waals surface area contributed by atoms with E-state index in [4.69, 9.17) is 15.5 Å². The fourth-order valence-electron chi connectivity index (χ4n) is 3.15. The van der Waals surface area contributed by atoms with Crippen LogP contribution in [0.5, 0.6) is 5.75 Å². The van der Waals surface area contributed by atoms with Crippen LogP contribution in [-0.2, 0) is 0 Å². The number of aliphatic imine (C=N–C) groups is 1. The molecule has 172 valence electrons. The highest BCUT2D eigenvalue weighted by Crippen LogP contribution is 2.33. The molecule has 8 heteroatoms. The molecular weight excluding hydrogens is 432 g/mol. The topological polar surface area (TPSA) is 89.5 Å². The highest BCUT2D eigenvalue weighted by molar-refractivity contribution is 8.35. The summed E-state index contributed by atoms with van der Waals surface area (Å²) in [4.78, 5) is 20.1. The van der Waals surface area contributed by atoms with E-state index in [0.717, 1.165) is 22.8 Å². The van der Waals surface area contributed by atoms with Gasteiger partial charge in [0.25, 0.3) is 0 Å². The lowest BCUT2D eigenvalue weighted by Gasteiger charge is -2.23. The molecule has 0 aliphatic rings. The second kappa shape index (κ2) is 10.4. The molecule has 0 aliphatic carbocycles. The van der Waals surface area contributed by atoms with Gasteiger partial charge in [0.2, 0.25) is 0 Å². The molecule has 0 aliphatic heterocycles. The summed E-state index contributed by atoms with van der Waals surface area (Å²) in [5.41, 5.74) is 10.3. The lowest BCUT2D eigenvalue weighted by molar-refractivity contribution is 0.414. The number of hydrogen-bond donors (Lipinski definition) is 1. The molecule has 3 rings (SSSR count). The Kier molecular flexibility index (Phi) is 7.56. The largest absolute Gasteiger partial charge is 0.497 e. The predicted molar refractivity (Wildman–Crippen MR) is 142 cm³/mol. The molecule has 2 heterocycles. The number of methoxy groups -OCH3 is 1. The third-order valence-corrected chi connectivity index (χ3v) is 5.37. The lowest BCUT2D eigenvalue weighted by atomic mass is 10.2. The molecule has 2 aromatic heterocycles. The summed E-state index contributed by atoms with van der Waals surface area (Å²) in [6.07, 6.45) is 11.3. The van der Waals surface area contributed by atoms with Crippen LogP contribution in [0.2, 0.25) is 0 Å². The standard InChI is InChI=1S/C25H30N6OS/c1-18-12-20(14-21(13-18)32-3)31(10-7-11-33(4,5)6)24-9-8-22-25(30-24)29-23(17-28-22)19(15-26)16-27-2/h8-9,12-17H,10,26H2,1-6H3/b19-15+,27-16?. The van der Waals surface area contributed by atoms with Crippen LogP contribution < -0.4 is 15.4 Å². The van der Waals surface area contributed by atoms with Crippen molar-refractivity contribution in [1.82, 2.24) is 15.0 Å². The molecule has 33 heavy (non-hydrogen) atoms. The first kappa shape index (κ1) is 24.1. The van der Waals surface area contributed by atoms with Crippen LogP contribution in [0.15, 0.2) is 47.7 Å². The number of allylic oxidation sites excluding steroid dienone is 1. The molecule has 0 amide bonds. The number of benzene rings is 1. The van der Waals surface area contributed by atoms with E-state index in [1.54, 1.807) is 26.6 Å². The number of pyridine rings is 1. The molecule has 2 N–H and O–H groups in total. The Morgan fingerprint density at radius 2 is 2.00 bits per heavy atom. The summed E-state index contributed by atoms with van der Waals surface area (Å²) in [6, 6.07) is 9.92. The third-order valence-electron chi connectivity index (χ3n) is 4.61. The van der Waals surface area contributed by atoms with Crippen molar-refractivity contribution in [2.75, 3.05) is 44.4 Å². The molecule has 0 saturated heterocycles. The van der Waals surface area contributed by atoms with Crippen LogP contribution in [0.1, 0.15) is 11.3 Å². The van der Waals surface area contributed by atoms with Gasteiger partial charge in [-0.1, -0.05) is 11.2 Å². The maximum Gasteiger partial charge on any atom is 0.180 e. The molecule has 0 atom stereocenters. The minimum absolute atomic E-state index is 0.485. The van der Waals surface area contributed by atoms with Crippen LogP contribution in [0.25, 0.3) is 16.7 Å². The van der Waals surface area contributed by atoms with Crippen LogP contribution in [0, 0.1) is 18.1 Å². The Morgan fingerprint density at radius 1 is 1.21 bits per heavy atom. The van der Waals surface area contributed by atoms with Gasteiger partial charge in [-0.3, -0.25) is 9.98 Å². The Bertz CT molecular complexity index is 1270. The second-order valence-corrected chi connectivity index (χ2v) is 12.1. The highest BCUT2D eigenvalue weighted by atomic mass is 32.3. The van der Waals surface area contributed by atoms with Gasteiger partial charge in [0, 0.05) is 36.8 Å². The minimum atomic E-state index is -0.949. The number of fused-ring (bicyclic) bond motifs is 1. The van der Waals surface area contributed by atoms with Gasteiger partial charge in [-0.25, -0.2) is 9.97 Å². The van der Waals surface area contributed by atoms with E-state index < -0.39 is 10.0 Å². The zero-order valence-corrected chi connectivity index (χ0v) is 20.8. The number of nitrogens with zero attached hydrogens (tertiary/aromatic N) is 5. The van der Waals surface area contributed by atoms with Crippen molar-refractivity contribution in [3.8, 4) is 16.9 Å². The first-order chi connectivity index (χ1) is 15.7. The highest BCUT2D eigenvalue weighted by Gasteiger charge is 2.14. The zero-order chi connectivity index (χ0) is 24.0. The summed E-state index contributed by atoms with van der Waals surface area (Å²) in [7, 11) is 2.40. The smallest absolute Gasteiger partial charge is 0.180 e. The Balaban J connectivity index is 2.12. The SMILES string of the molecule is CN=C/C(=C\N)c1cnc2ccc(N(CC#CS(C)(C)C)c3cc(C)cc(OC)c3)nc2n1. The maximum absolute atomic E-state index is 5.75. The number of rotatable bonds is 6. The van der Waals surface area contributed by atoms with Crippen molar-refractivity contribution in [1.29, 1.82) is 0 Å². The van der Waals surface area contributed by atoms with Gasteiger partial charge in [-0.15, -0.1) is 0 Å². The number of ether oxygens (including phenoxy) is 1. The minimum Gasteiger partial charge on any atom is -0.497 e. The van der Waals surface area contributed by atoms with Crippen LogP contribution in [-0.4, -0.2) is 60.6 Å². The van der Waals surface area contributed by atoms with E-state index in [1.807, 2.05) is 31.2 Å². The average molecular weight is 463 g/mol. The molecule has 7 nitrogen and oxygen atoms in total. The van der Waals surface area contributed by atoms with Crippen molar-refractivity contribution >= 4 is 44.5 Å². The first-order valence-corrected chi connectivity index (χ1v) is 13.2. The number of nitrogens with two attached hydrogens (primary N) is 1. The van der Waals surface area contributed by atoms with Gasteiger partial charge < -0.3 is 15.4 Å². The normalized spacial score (nSPS) is 12.5. The number of hydrogen-bond acceptors (Lipinski definition) is 7. The van der Waals surface area contributed by atoms with Crippen LogP contribution >= 0.6 is 10.0 Å². The average Bonchev–Trinajstić information content (AvgIpc) is 2.78. The Hall–Kier alpha value is -3.57. The van der Waals surface area contributed by atoms with Crippen molar-refractivity contribution in [2.24, 2.45) is 10.7 Å². The summed E-state index contributed by atoms with van der Waals surface area (Å²) in [5, 5.41) is 3.39. The Morgan fingerprint density at radius 3 is 2.67 bits per heavy atom. The van der Waals surface area contributed by atoms with Crippen molar-refractivity contribution in [3.63, 3.8) is 0 Å². The maximum atomic E-state index is 5.75. The van der Waals surface area contributed by atoms with Gasteiger partial charge in [-0.2, -0.15) is 10.0 Å². The van der Waals surface area contributed by atoms with Crippen molar-refractivity contribution < 1.29 is 4.74 Å². The van der Waals surface area contributed by atoms with E-state index in [2.05, 4.69) is 55.9 Å². The van der Waals surface area contributed by atoms with E-state index in [0.29, 0.717) is 29.0 Å². The monoisotopic (exact) mass is 462 g/mol. The van der Waals surface area contributed by atoms with Gasteiger partial charge in [0.05, 0.1) is 25.5 Å². The molecule has 0 radical (unpaired) electrons. The molecule has 0 spiro atoms. The number of anilines is 2. The van der Waals surface area contributed by atoms with E-state index in [-0.39, 0.29) is 0 Å². The molecule has 0 bridgehead atoms. The quantitative estimate of drug-likeness (QED) is 0.438. The van der Waals surface area contributed by atoms with Crippen molar-refractivity contribution in [2.45, 2.75) is 6.92 Å². The molecule has 1 aromatic carbocycles. The molecule has 3 aromatic rings. The van der Waals surface area contributed by atoms with Gasteiger partial charge in [0.15, 0.2) is 5.65 Å². The summed E-state index contributed by atoms with van der Waals surface area (Å²) >= 11 is 0. The number of aromatic nitrogens is 3. The Labute approximate surface area is 197 Å². The van der Waals surface area contributed by atoms with E-state index in [1.165, 1.54) is 6.20 Å².